The zero-order valence-corrected chi connectivity index (χ0v) is 12.3. The molecule has 0 radical (unpaired) electrons. The standard InChI is InChI=1S/C15H12ClFN2O3/c1-9(14(20)19-12-5-3-2-4-11(12)17)22-15(21)10-6-7-13(16)18-8-10/h2-9H,1H3,(H,19,20)/t9-/m1/s1. The third-order valence-corrected chi connectivity index (χ3v) is 2.97. The van der Waals surface area contributed by atoms with Crippen LogP contribution in [0.3, 0.4) is 0 Å². The van der Waals surface area contributed by atoms with Gasteiger partial charge in [-0.1, -0.05) is 23.7 Å². The summed E-state index contributed by atoms with van der Waals surface area (Å²) in [6.07, 6.45) is 0.148. The summed E-state index contributed by atoms with van der Waals surface area (Å²) in [6.45, 7) is 1.39. The van der Waals surface area contributed by atoms with Crippen molar-refractivity contribution in [2.24, 2.45) is 0 Å². The predicted octanol–water partition coefficient (Wildman–Crippen LogP) is 3.06. The van der Waals surface area contributed by atoms with Crippen LogP contribution in [-0.4, -0.2) is 23.0 Å². The molecule has 1 N–H and O–H groups in total. The van der Waals surface area contributed by atoms with E-state index in [4.69, 9.17) is 16.3 Å². The average molecular weight is 323 g/mol. The van der Waals surface area contributed by atoms with Crippen LogP contribution in [0, 0.1) is 5.82 Å². The molecule has 0 saturated carbocycles. The van der Waals surface area contributed by atoms with Crippen LogP contribution in [-0.2, 0) is 9.53 Å². The van der Waals surface area contributed by atoms with Crippen molar-refractivity contribution in [1.29, 1.82) is 0 Å². The van der Waals surface area contributed by atoms with E-state index in [1.807, 2.05) is 0 Å². The van der Waals surface area contributed by atoms with Crippen molar-refractivity contribution in [3.05, 3.63) is 59.1 Å². The number of benzene rings is 1. The molecule has 0 bridgehead atoms. The zero-order chi connectivity index (χ0) is 16.1. The lowest BCUT2D eigenvalue weighted by Crippen LogP contribution is -2.30. The number of halogens is 2. The van der Waals surface area contributed by atoms with E-state index in [9.17, 15) is 14.0 Å². The Balaban J connectivity index is 1.98. The second kappa shape index (κ2) is 7.00. The van der Waals surface area contributed by atoms with Crippen molar-refractivity contribution in [3.63, 3.8) is 0 Å². The van der Waals surface area contributed by atoms with Gasteiger partial charge in [0.05, 0.1) is 11.3 Å². The number of nitrogens with zero attached hydrogens (tertiary/aromatic N) is 1. The van der Waals surface area contributed by atoms with Gasteiger partial charge in [0.1, 0.15) is 11.0 Å². The van der Waals surface area contributed by atoms with E-state index in [0.29, 0.717) is 0 Å². The molecule has 7 heteroatoms. The Kier molecular flexibility index (Phi) is 5.06. The van der Waals surface area contributed by atoms with Crippen molar-refractivity contribution < 1.29 is 18.7 Å². The molecule has 114 valence electrons. The minimum atomic E-state index is -1.09. The summed E-state index contributed by atoms with van der Waals surface area (Å²) in [5.41, 5.74) is 0.179. The Labute approximate surface area is 131 Å². The molecule has 1 aromatic carbocycles. The van der Waals surface area contributed by atoms with Gasteiger partial charge >= 0.3 is 5.97 Å². The van der Waals surface area contributed by atoms with Gasteiger partial charge < -0.3 is 10.1 Å². The number of pyridine rings is 1. The summed E-state index contributed by atoms with van der Waals surface area (Å²) >= 11 is 5.61. The van der Waals surface area contributed by atoms with Gasteiger partial charge in [0, 0.05) is 6.20 Å². The second-order valence-corrected chi connectivity index (χ2v) is 4.77. The van der Waals surface area contributed by atoms with Crippen LogP contribution in [0.1, 0.15) is 17.3 Å². The Morgan fingerprint density at radius 3 is 2.64 bits per heavy atom. The summed E-state index contributed by atoms with van der Waals surface area (Å²) < 4.78 is 18.4. The van der Waals surface area contributed by atoms with Gasteiger partial charge in [-0.25, -0.2) is 14.2 Å². The first-order chi connectivity index (χ1) is 10.5. The van der Waals surface area contributed by atoms with E-state index in [-0.39, 0.29) is 16.4 Å². The van der Waals surface area contributed by atoms with Crippen molar-refractivity contribution in [3.8, 4) is 0 Å². The predicted molar refractivity (Wildman–Crippen MR) is 79.2 cm³/mol. The summed E-state index contributed by atoms with van der Waals surface area (Å²) in [6, 6.07) is 8.56. The van der Waals surface area contributed by atoms with Crippen molar-refractivity contribution >= 4 is 29.2 Å². The molecular weight excluding hydrogens is 311 g/mol. The maximum Gasteiger partial charge on any atom is 0.340 e. The fraction of sp³-hybridized carbons (Fsp3) is 0.133. The third kappa shape index (κ3) is 4.02. The molecule has 0 fully saturated rings. The SMILES string of the molecule is C[C@@H](OC(=O)c1ccc(Cl)nc1)C(=O)Nc1ccccc1F. The van der Waals surface area contributed by atoms with Crippen LogP contribution in [0.2, 0.25) is 5.15 Å². The summed E-state index contributed by atoms with van der Waals surface area (Å²) in [5, 5.41) is 2.59. The van der Waals surface area contributed by atoms with Crippen LogP contribution in [0.5, 0.6) is 0 Å². The number of amides is 1. The smallest absolute Gasteiger partial charge is 0.340 e. The van der Waals surface area contributed by atoms with E-state index in [1.54, 1.807) is 6.07 Å². The first-order valence-electron chi connectivity index (χ1n) is 6.35. The number of hydrogen-bond donors (Lipinski definition) is 1. The minimum absolute atomic E-state index is 0.0172. The number of aromatic nitrogens is 1. The first kappa shape index (κ1) is 15.9. The van der Waals surface area contributed by atoms with Gasteiger partial charge in [-0.2, -0.15) is 0 Å². The van der Waals surface area contributed by atoms with Crippen molar-refractivity contribution in [1.82, 2.24) is 4.98 Å². The molecule has 22 heavy (non-hydrogen) atoms. The number of nitrogens with one attached hydrogen (secondary N) is 1. The molecule has 0 aliphatic rings. The lowest BCUT2D eigenvalue weighted by atomic mass is 10.2. The molecule has 0 saturated heterocycles. The van der Waals surface area contributed by atoms with Gasteiger partial charge in [-0.3, -0.25) is 4.79 Å². The van der Waals surface area contributed by atoms with Crippen LogP contribution in [0.4, 0.5) is 10.1 Å². The molecular formula is C15H12ClFN2O3. The van der Waals surface area contributed by atoms with Gasteiger partial charge in [0.15, 0.2) is 6.10 Å². The lowest BCUT2D eigenvalue weighted by Gasteiger charge is -2.13. The maximum absolute atomic E-state index is 13.4. The monoisotopic (exact) mass is 322 g/mol. The molecule has 2 aromatic rings. The summed E-state index contributed by atoms with van der Waals surface area (Å²) in [5.74, 6) is -1.93. The van der Waals surface area contributed by atoms with E-state index >= 15 is 0 Å². The van der Waals surface area contributed by atoms with Crippen molar-refractivity contribution in [2.45, 2.75) is 13.0 Å². The molecule has 0 aliphatic carbocycles. The highest BCUT2D eigenvalue weighted by molar-refractivity contribution is 6.29. The highest BCUT2D eigenvalue weighted by Crippen LogP contribution is 2.14. The number of carbonyl (C=O) groups is 2. The maximum atomic E-state index is 13.4. The van der Waals surface area contributed by atoms with Gasteiger partial charge in [-0.05, 0) is 31.2 Å². The van der Waals surface area contributed by atoms with Gasteiger partial charge in [0.25, 0.3) is 5.91 Å². The largest absolute Gasteiger partial charge is 0.449 e. The number of rotatable bonds is 4. The minimum Gasteiger partial charge on any atom is -0.449 e. The van der Waals surface area contributed by atoms with Crippen LogP contribution < -0.4 is 5.32 Å². The number of hydrogen-bond acceptors (Lipinski definition) is 4. The van der Waals surface area contributed by atoms with Gasteiger partial charge in [-0.15, -0.1) is 0 Å². The Bertz CT molecular complexity index is 691. The van der Waals surface area contributed by atoms with Gasteiger partial charge in [0.2, 0.25) is 0 Å². The highest BCUT2D eigenvalue weighted by atomic mass is 35.5. The number of ether oxygens (including phenoxy) is 1. The number of carbonyl (C=O) groups excluding carboxylic acids is 2. The molecule has 2 rings (SSSR count). The highest BCUT2D eigenvalue weighted by Gasteiger charge is 2.20. The Morgan fingerprint density at radius 1 is 1.27 bits per heavy atom. The molecule has 1 amide bonds. The average Bonchev–Trinajstić information content (AvgIpc) is 2.50. The lowest BCUT2D eigenvalue weighted by molar-refractivity contribution is -0.123. The second-order valence-electron chi connectivity index (χ2n) is 4.39. The number of para-hydroxylation sites is 1. The Hall–Kier alpha value is -2.47. The summed E-state index contributed by atoms with van der Waals surface area (Å²) in [4.78, 5) is 27.5. The van der Waals surface area contributed by atoms with Crippen LogP contribution >= 0.6 is 11.6 Å². The first-order valence-corrected chi connectivity index (χ1v) is 6.73. The number of esters is 1. The Morgan fingerprint density at radius 2 is 2.00 bits per heavy atom. The van der Waals surface area contributed by atoms with Crippen LogP contribution in [0.15, 0.2) is 42.6 Å². The molecule has 0 aliphatic heterocycles. The molecule has 0 unspecified atom stereocenters. The third-order valence-electron chi connectivity index (χ3n) is 2.75. The molecule has 5 nitrogen and oxygen atoms in total. The van der Waals surface area contributed by atoms with E-state index < -0.39 is 23.8 Å². The molecule has 0 spiro atoms. The zero-order valence-electron chi connectivity index (χ0n) is 11.5. The van der Waals surface area contributed by atoms with E-state index in [0.717, 1.165) is 0 Å². The fourth-order valence-corrected chi connectivity index (χ4v) is 1.69. The fourth-order valence-electron chi connectivity index (χ4n) is 1.58. The van der Waals surface area contributed by atoms with Crippen molar-refractivity contribution in [2.75, 3.05) is 5.32 Å². The number of anilines is 1. The normalized spacial score (nSPS) is 11.6. The summed E-state index contributed by atoms with van der Waals surface area (Å²) in [7, 11) is 0. The quantitative estimate of drug-likeness (QED) is 0.694. The topological polar surface area (TPSA) is 68.3 Å². The van der Waals surface area contributed by atoms with Crippen LogP contribution in [0.25, 0.3) is 0 Å². The van der Waals surface area contributed by atoms with E-state index in [1.165, 1.54) is 43.5 Å². The molecule has 1 atom stereocenters. The molecule has 1 aromatic heterocycles. The van der Waals surface area contributed by atoms with E-state index in [2.05, 4.69) is 10.3 Å². The molecule has 1 heterocycles.